The number of benzene rings is 2. The number of hydrogen-bond acceptors (Lipinski definition) is 6. The molecule has 0 saturated carbocycles. The molecule has 2 aromatic heterocycles. The van der Waals surface area contributed by atoms with Crippen LogP contribution in [-0.2, 0) is 16.6 Å². The maximum absolute atomic E-state index is 13.3. The van der Waals surface area contributed by atoms with Crippen molar-refractivity contribution in [2.45, 2.75) is 90.0 Å². The Morgan fingerprint density at radius 1 is 1.02 bits per heavy atom. The molecule has 10 heteroatoms. The third-order valence-electron chi connectivity index (χ3n) is 8.88. The van der Waals surface area contributed by atoms with Gasteiger partial charge in [0, 0.05) is 30.1 Å². The Hall–Kier alpha value is -3.21. The molecule has 2 atom stereocenters. The van der Waals surface area contributed by atoms with E-state index in [2.05, 4.69) is 49.8 Å². The maximum atomic E-state index is 13.3. The van der Waals surface area contributed by atoms with Crippen LogP contribution in [0.25, 0.3) is 22.2 Å². The number of aromatic nitrogens is 4. The Kier molecular flexibility index (Phi) is 6.59. The summed E-state index contributed by atoms with van der Waals surface area (Å²) in [4.78, 5) is 14.4. The molecule has 4 heterocycles. The summed E-state index contributed by atoms with van der Waals surface area (Å²) in [7, 11) is -2.03. The Labute approximate surface area is 240 Å². The molecule has 4 aromatic rings. The van der Waals surface area contributed by atoms with E-state index in [4.69, 9.17) is 24.1 Å². The fraction of sp³-hybridized carbons (Fsp3) is 0.452. The summed E-state index contributed by atoms with van der Waals surface area (Å²) in [6.07, 6.45) is 4.41. The second-order valence-corrected chi connectivity index (χ2v) is 17.8. The quantitative estimate of drug-likeness (QED) is 0.239. The van der Waals surface area contributed by atoms with Crippen molar-refractivity contribution in [2.75, 3.05) is 0 Å². The van der Waals surface area contributed by atoms with Crippen LogP contribution in [0.3, 0.4) is 0 Å². The summed E-state index contributed by atoms with van der Waals surface area (Å²) >= 11 is 0. The van der Waals surface area contributed by atoms with E-state index < -0.39 is 20.5 Å². The molecule has 0 fully saturated rings. The lowest BCUT2D eigenvalue weighted by molar-refractivity contribution is -0.0507. The van der Waals surface area contributed by atoms with Crippen LogP contribution in [0.5, 0.6) is 5.75 Å². The van der Waals surface area contributed by atoms with Gasteiger partial charge < -0.3 is 19.0 Å². The first-order chi connectivity index (χ1) is 19.2. The van der Waals surface area contributed by atoms with Crippen LogP contribution in [0.4, 0.5) is 8.78 Å². The van der Waals surface area contributed by atoms with Crippen molar-refractivity contribution < 1.29 is 17.9 Å². The van der Waals surface area contributed by atoms with Gasteiger partial charge in [0.05, 0.1) is 23.1 Å². The number of ether oxygens (including phenoxy) is 1. The minimum absolute atomic E-state index is 0.0217. The van der Waals surface area contributed by atoms with E-state index >= 15 is 0 Å². The molecule has 0 aliphatic carbocycles. The van der Waals surface area contributed by atoms with Gasteiger partial charge in [0.1, 0.15) is 17.2 Å². The zero-order chi connectivity index (χ0) is 29.3. The van der Waals surface area contributed by atoms with Crippen molar-refractivity contribution in [3.05, 3.63) is 71.6 Å². The number of nitrogens with zero attached hydrogens (tertiary/aromatic N) is 4. The lowest BCUT2D eigenvalue weighted by atomic mass is 9.98. The first kappa shape index (κ1) is 27.9. The zero-order valence-corrected chi connectivity index (χ0v) is 25.6. The lowest BCUT2D eigenvalue weighted by Crippen LogP contribution is -2.46. The molecule has 7 nitrogen and oxygen atoms in total. The number of imidazole rings is 1. The fourth-order valence-corrected chi connectivity index (χ4v) is 7.57. The summed E-state index contributed by atoms with van der Waals surface area (Å²) < 4.78 is 40.5. The summed E-state index contributed by atoms with van der Waals surface area (Å²) in [5, 5.41) is 3.64. The Morgan fingerprint density at radius 2 is 1.76 bits per heavy atom. The predicted molar refractivity (Wildman–Crippen MR) is 157 cm³/mol. The minimum atomic E-state index is -2.89. The van der Waals surface area contributed by atoms with E-state index in [0.717, 1.165) is 45.5 Å². The maximum Gasteiger partial charge on any atom is 0.387 e. The van der Waals surface area contributed by atoms with Crippen LogP contribution in [0.2, 0.25) is 18.1 Å². The van der Waals surface area contributed by atoms with Gasteiger partial charge in [0.2, 0.25) is 0 Å². The van der Waals surface area contributed by atoms with E-state index in [-0.39, 0.29) is 22.9 Å². The molecule has 0 amide bonds. The molecule has 41 heavy (non-hydrogen) atoms. The second-order valence-electron chi connectivity index (χ2n) is 13.1. The van der Waals surface area contributed by atoms with Gasteiger partial charge >= 0.3 is 6.61 Å². The Bertz CT molecular complexity index is 1610. The number of hydrogen-bond donors (Lipinski definition) is 1. The van der Waals surface area contributed by atoms with Crippen LogP contribution in [0.1, 0.15) is 75.9 Å². The largest absolute Gasteiger partial charge is 0.434 e. The number of halogens is 2. The van der Waals surface area contributed by atoms with Crippen LogP contribution < -0.4 is 10.1 Å². The molecule has 0 unspecified atom stereocenters. The van der Waals surface area contributed by atoms with Crippen molar-refractivity contribution in [3.63, 3.8) is 0 Å². The highest BCUT2D eigenvalue weighted by Crippen LogP contribution is 2.48. The van der Waals surface area contributed by atoms with Crippen LogP contribution >= 0.6 is 0 Å². The van der Waals surface area contributed by atoms with Gasteiger partial charge in [-0.2, -0.15) is 8.78 Å². The summed E-state index contributed by atoms with van der Waals surface area (Å²) in [6.45, 7) is 12.9. The van der Waals surface area contributed by atoms with Gasteiger partial charge in [-0.1, -0.05) is 39.0 Å². The molecule has 216 valence electrons. The molecular formula is C31H37F2N5O2Si. The average molecular weight is 578 g/mol. The van der Waals surface area contributed by atoms with Crippen LogP contribution in [0.15, 0.2) is 48.8 Å². The molecule has 2 aliphatic heterocycles. The lowest BCUT2D eigenvalue weighted by Gasteiger charge is -2.42. The number of fused-ring (bicyclic) bond motifs is 9. The second kappa shape index (κ2) is 9.67. The molecule has 2 bridgehead atoms. The molecule has 0 radical (unpaired) electrons. The van der Waals surface area contributed by atoms with Gasteiger partial charge in [0.25, 0.3) is 0 Å². The van der Waals surface area contributed by atoms with E-state index in [0.29, 0.717) is 12.4 Å². The predicted octanol–water partition coefficient (Wildman–Crippen LogP) is 7.49. The number of alkyl halides is 2. The highest BCUT2D eigenvalue weighted by Gasteiger charge is 2.43. The fourth-order valence-electron chi connectivity index (χ4n) is 5.90. The van der Waals surface area contributed by atoms with E-state index in [9.17, 15) is 8.78 Å². The minimum Gasteiger partial charge on any atom is -0.434 e. The summed E-state index contributed by atoms with van der Waals surface area (Å²) in [6, 6.07) is 11.3. The highest BCUT2D eigenvalue weighted by molar-refractivity contribution is 6.74. The Balaban J connectivity index is 1.36. The van der Waals surface area contributed by atoms with Crippen molar-refractivity contribution in [1.82, 2.24) is 24.8 Å². The van der Waals surface area contributed by atoms with Gasteiger partial charge in [-0.25, -0.2) is 15.0 Å². The first-order valence-electron chi connectivity index (χ1n) is 14.1. The molecule has 0 spiro atoms. The monoisotopic (exact) mass is 577 g/mol. The van der Waals surface area contributed by atoms with E-state index in [1.54, 1.807) is 12.1 Å². The third-order valence-corrected chi connectivity index (χ3v) is 13.5. The first-order valence-corrected chi connectivity index (χ1v) is 17.0. The summed E-state index contributed by atoms with van der Waals surface area (Å²) in [5.74, 6) is 1.79. The van der Waals surface area contributed by atoms with Crippen LogP contribution in [0, 0.1) is 0 Å². The van der Waals surface area contributed by atoms with Crippen molar-refractivity contribution in [2.24, 2.45) is 0 Å². The highest BCUT2D eigenvalue weighted by atomic mass is 28.4. The van der Waals surface area contributed by atoms with Crippen molar-refractivity contribution in [1.29, 1.82) is 0 Å². The Morgan fingerprint density at radius 3 is 2.44 bits per heavy atom. The van der Waals surface area contributed by atoms with Gasteiger partial charge in [0.15, 0.2) is 14.1 Å². The zero-order valence-electron chi connectivity index (χ0n) is 24.6. The third kappa shape index (κ3) is 4.85. The number of nitrogens with one attached hydrogen (secondary N) is 1. The number of rotatable bonds is 6. The van der Waals surface area contributed by atoms with Gasteiger partial charge in [-0.05, 0) is 67.7 Å². The van der Waals surface area contributed by atoms with Crippen molar-refractivity contribution in [3.8, 4) is 16.9 Å². The van der Waals surface area contributed by atoms with E-state index in [1.807, 2.05) is 44.4 Å². The molecule has 1 N–H and O–H groups in total. The molecular weight excluding hydrogens is 540 g/mol. The molecule has 2 aromatic carbocycles. The molecule has 2 aliphatic rings. The summed E-state index contributed by atoms with van der Waals surface area (Å²) in [5.41, 5.74) is 4.78. The van der Waals surface area contributed by atoms with E-state index in [1.165, 1.54) is 0 Å². The van der Waals surface area contributed by atoms with Crippen molar-refractivity contribution >= 4 is 19.4 Å². The normalized spacial score (nSPS) is 18.9. The SMILES string of the molecule is CC(C)(O[Si](C)(C)C(C)(C)C)c1ncc(-c2ccc3nc4n(c3c2)[C@@H]2C[C@H]4NCc3cccc(OC(F)F)c32)cn1. The van der Waals surface area contributed by atoms with Crippen LogP contribution in [-0.4, -0.2) is 34.4 Å². The van der Waals surface area contributed by atoms with Gasteiger partial charge in [-0.3, -0.25) is 0 Å². The standard InChI is InChI=1S/C31H37F2N5O2Si/c1-30(2,3)41(6,7)40-31(4,5)28-35-16-20(17-36-28)18-11-12-21-23(13-18)38-24-14-22(27(38)37-21)34-15-19-9-8-10-25(26(19)24)39-29(32)33/h8-13,16-17,22,24,29,34H,14-15H2,1-7H3/t22-,24-/m1/s1. The topological polar surface area (TPSA) is 74.1 Å². The average Bonchev–Trinajstić information content (AvgIpc) is 3.35. The molecule has 0 saturated heterocycles. The smallest absolute Gasteiger partial charge is 0.387 e. The molecule has 6 rings (SSSR count). The van der Waals surface area contributed by atoms with Gasteiger partial charge in [-0.15, -0.1) is 0 Å².